The highest BCUT2D eigenvalue weighted by atomic mass is 32.1. The molecule has 1 aromatic heterocycles. The summed E-state index contributed by atoms with van der Waals surface area (Å²) in [4.78, 5) is 4.17. The van der Waals surface area contributed by atoms with Gasteiger partial charge in [-0.25, -0.2) is 4.98 Å². The quantitative estimate of drug-likeness (QED) is 0.498. The standard InChI is InChI=1S/C16H18N4O2S/c1-21-13-7-5-11(6-8-13)9-18-20-16(23)19-15-17-10-14(22-15)12-3-2-4-12/h5-10,12H,2-4H2,1H3,(H2,17,19,20,23)/b18-9+. The molecule has 0 atom stereocenters. The molecule has 120 valence electrons. The summed E-state index contributed by atoms with van der Waals surface area (Å²) < 4.78 is 10.7. The molecule has 0 saturated heterocycles. The molecule has 23 heavy (non-hydrogen) atoms. The van der Waals surface area contributed by atoms with Crippen molar-refractivity contribution in [2.45, 2.75) is 25.2 Å². The molecule has 2 N–H and O–H groups in total. The Bertz CT molecular complexity index is 692. The highest BCUT2D eigenvalue weighted by molar-refractivity contribution is 7.80. The molecule has 0 aliphatic heterocycles. The topological polar surface area (TPSA) is 71.7 Å². The number of rotatable bonds is 5. The average molecular weight is 330 g/mol. The fourth-order valence-corrected chi connectivity index (χ4v) is 2.35. The number of hydrogen-bond acceptors (Lipinski definition) is 5. The van der Waals surface area contributed by atoms with Gasteiger partial charge < -0.3 is 9.15 Å². The second-order valence-electron chi connectivity index (χ2n) is 5.29. The molecule has 0 radical (unpaired) electrons. The van der Waals surface area contributed by atoms with E-state index in [1.807, 2.05) is 24.3 Å². The van der Waals surface area contributed by atoms with Gasteiger partial charge in [0.1, 0.15) is 11.5 Å². The third-order valence-electron chi connectivity index (χ3n) is 3.75. The fourth-order valence-electron chi connectivity index (χ4n) is 2.21. The number of hydrazone groups is 1. The summed E-state index contributed by atoms with van der Waals surface area (Å²) in [5.41, 5.74) is 3.67. The normalized spacial score (nSPS) is 14.5. The lowest BCUT2D eigenvalue weighted by Gasteiger charge is -2.22. The van der Waals surface area contributed by atoms with Crippen LogP contribution in [0.1, 0.15) is 36.5 Å². The van der Waals surface area contributed by atoms with Crippen LogP contribution in [-0.2, 0) is 0 Å². The van der Waals surface area contributed by atoms with Crippen LogP contribution in [0.4, 0.5) is 6.01 Å². The fraction of sp³-hybridized carbons (Fsp3) is 0.312. The Labute approximate surface area is 139 Å². The zero-order valence-corrected chi connectivity index (χ0v) is 13.6. The predicted molar refractivity (Wildman–Crippen MR) is 93.0 cm³/mol. The van der Waals surface area contributed by atoms with Crippen LogP contribution in [-0.4, -0.2) is 23.4 Å². The van der Waals surface area contributed by atoms with Crippen molar-refractivity contribution in [3.63, 3.8) is 0 Å². The number of hydrogen-bond donors (Lipinski definition) is 2. The van der Waals surface area contributed by atoms with E-state index in [1.165, 1.54) is 19.3 Å². The van der Waals surface area contributed by atoms with Gasteiger partial charge in [0, 0.05) is 5.92 Å². The number of aromatic nitrogens is 1. The molecule has 7 heteroatoms. The highest BCUT2D eigenvalue weighted by Gasteiger charge is 2.23. The van der Waals surface area contributed by atoms with Crippen molar-refractivity contribution in [3.8, 4) is 5.75 Å². The summed E-state index contributed by atoms with van der Waals surface area (Å²) in [6, 6.07) is 7.93. The second-order valence-corrected chi connectivity index (χ2v) is 5.70. The van der Waals surface area contributed by atoms with Gasteiger partial charge in [-0.1, -0.05) is 6.42 Å². The zero-order chi connectivity index (χ0) is 16.1. The Balaban J connectivity index is 1.48. The molecule has 0 spiro atoms. The first-order valence-corrected chi connectivity index (χ1v) is 7.85. The molecule has 2 aromatic rings. The van der Waals surface area contributed by atoms with E-state index in [9.17, 15) is 0 Å². The van der Waals surface area contributed by atoms with Crippen molar-refractivity contribution in [1.29, 1.82) is 0 Å². The van der Waals surface area contributed by atoms with Crippen molar-refractivity contribution in [2.75, 3.05) is 12.4 Å². The van der Waals surface area contributed by atoms with Crippen LogP contribution in [0, 0.1) is 0 Å². The second kappa shape index (κ2) is 7.23. The molecule has 1 aromatic carbocycles. The van der Waals surface area contributed by atoms with Crippen LogP contribution < -0.4 is 15.5 Å². The van der Waals surface area contributed by atoms with Gasteiger partial charge in [0.25, 0.3) is 0 Å². The van der Waals surface area contributed by atoms with E-state index in [0.29, 0.717) is 17.0 Å². The van der Waals surface area contributed by atoms with E-state index in [4.69, 9.17) is 21.4 Å². The first kappa shape index (κ1) is 15.5. The van der Waals surface area contributed by atoms with E-state index in [-0.39, 0.29) is 0 Å². The van der Waals surface area contributed by atoms with Crippen LogP contribution in [0.2, 0.25) is 0 Å². The summed E-state index contributed by atoms with van der Waals surface area (Å²) in [6.45, 7) is 0. The molecule has 1 saturated carbocycles. The Morgan fingerprint density at radius 2 is 2.17 bits per heavy atom. The Morgan fingerprint density at radius 3 is 2.83 bits per heavy atom. The molecule has 3 rings (SSSR count). The minimum atomic E-state index is 0.330. The first-order chi connectivity index (χ1) is 11.2. The third-order valence-corrected chi connectivity index (χ3v) is 3.94. The summed E-state index contributed by atoms with van der Waals surface area (Å²) in [5, 5.41) is 7.28. The molecule has 0 unspecified atom stereocenters. The highest BCUT2D eigenvalue weighted by Crippen LogP contribution is 2.37. The van der Waals surface area contributed by atoms with Gasteiger partial charge in [-0.3, -0.25) is 10.7 Å². The van der Waals surface area contributed by atoms with Crippen LogP contribution >= 0.6 is 12.2 Å². The van der Waals surface area contributed by atoms with Crippen LogP contribution in [0.25, 0.3) is 0 Å². The number of nitrogens with zero attached hydrogens (tertiary/aromatic N) is 2. The van der Waals surface area contributed by atoms with Crippen molar-refractivity contribution >= 4 is 29.6 Å². The molecule has 0 bridgehead atoms. The maximum absolute atomic E-state index is 5.63. The molecule has 6 nitrogen and oxygen atoms in total. The number of nitrogens with one attached hydrogen (secondary N) is 2. The van der Waals surface area contributed by atoms with Gasteiger partial charge in [0.15, 0.2) is 5.11 Å². The molecule has 0 amide bonds. The molecular weight excluding hydrogens is 312 g/mol. The van der Waals surface area contributed by atoms with Gasteiger partial charge in [-0.2, -0.15) is 5.10 Å². The Hall–Kier alpha value is -2.41. The molecule has 1 heterocycles. The van der Waals surface area contributed by atoms with Crippen molar-refractivity contribution in [2.24, 2.45) is 5.10 Å². The number of oxazole rings is 1. The molecule has 1 aliphatic carbocycles. The molecule has 1 fully saturated rings. The monoisotopic (exact) mass is 330 g/mol. The third kappa shape index (κ3) is 4.07. The maximum Gasteiger partial charge on any atom is 0.301 e. The lowest BCUT2D eigenvalue weighted by atomic mass is 9.84. The first-order valence-electron chi connectivity index (χ1n) is 7.44. The van der Waals surface area contributed by atoms with Crippen molar-refractivity contribution in [3.05, 3.63) is 41.8 Å². The lowest BCUT2D eigenvalue weighted by molar-refractivity contribution is 0.351. The molecular formula is C16H18N4O2S. The van der Waals surface area contributed by atoms with Gasteiger partial charge in [0.05, 0.1) is 19.5 Å². The number of thiocarbonyl (C=S) groups is 1. The minimum Gasteiger partial charge on any atom is -0.497 e. The van der Waals surface area contributed by atoms with E-state index in [1.54, 1.807) is 19.5 Å². The number of anilines is 1. The number of methoxy groups -OCH3 is 1. The van der Waals surface area contributed by atoms with Crippen LogP contribution in [0.5, 0.6) is 5.75 Å². The Kier molecular flexibility index (Phi) is 4.87. The largest absolute Gasteiger partial charge is 0.497 e. The number of benzene rings is 1. The van der Waals surface area contributed by atoms with Crippen LogP contribution in [0.3, 0.4) is 0 Å². The van der Waals surface area contributed by atoms with Gasteiger partial charge in [-0.05, 0) is 54.9 Å². The Morgan fingerprint density at radius 1 is 1.39 bits per heavy atom. The SMILES string of the molecule is COc1ccc(/C=N/NC(=S)Nc2ncc(C3CCC3)o2)cc1. The summed E-state index contributed by atoms with van der Waals surface area (Å²) >= 11 is 5.15. The van der Waals surface area contributed by atoms with E-state index >= 15 is 0 Å². The van der Waals surface area contributed by atoms with Gasteiger partial charge in [0.2, 0.25) is 0 Å². The van der Waals surface area contributed by atoms with Gasteiger partial charge in [-0.15, -0.1) is 0 Å². The summed E-state index contributed by atoms with van der Waals surface area (Å²) in [5.74, 6) is 2.23. The van der Waals surface area contributed by atoms with E-state index in [2.05, 4.69) is 20.8 Å². The summed E-state index contributed by atoms with van der Waals surface area (Å²) in [6.07, 6.45) is 7.03. The van der Waals surface area contributed by atoms with Crippen molar-refractivity contribution in [1.82, 2.24) is 10.4 Å². The van der Waals surface area contributed by atoms with Crippen molar-refractivity contribution < 1.29 is 9.15 Å². The maximum atomic E-state index is 5.63. The molecule has 1 aliphatic rings. The smallest absolute Gasteiger partial charge is 0.301 e. The van der Waals surface area contributed by atoms with Crippen LogP contribution in [0.15, 0.2) is 40.0 Å². The van der Waals surface area contributed by atoms with Gasteiger partial charge >= 0.3 is 6.01 Å². The predicted octanol–water partition coefficient (Wildman–Crippen LogP) is 3.27. The van der Waals surface area contributed by atoms with E-state index < -0.39 is 0 Å². The average Bonchev–Trinajstić information content (AvgIpc) is 2.94. The minimum absolute atomic E-state index is 0.330. The summed E-state index contributed by atoms with van der Waals surface area (Å²) in [7, 11) is 1.63. The lowest BCUT2D eigenvalue weighted by Crippen LogP contribution is -2.24. The number of ether oxygens (including phenoxy) is 1. The zero-order valence-electron chi connectivity index (χ0n) is 12.8. The van der Waals surface area contributed by atoms with E-state index in [0.717, 1.165) is 17.1 Å².